The molecule has 1 aromatic rings. The Morgan fingerprint density at radius 3 is 2.27 bits per heavy atom. The highest BCUT2D eigenvalue weighted by molar-refractivity contribution is 9.10. The van der Waals surface area contributed by atoms with Crippen molar-refractivity contribution in [3.63, 3.8) is 0 Å². The number of nitrogens with zero attached hydrogens (tertiary/aromatic N) is 1. The quantitative estimate of drug-likeness (QED) is 0.462. The molecule has 0 saturated carbocycles. The molecule has 0 radical (unpaired) electrons. The minimum Gasteiger partial charge on any atom is -0.149 e. The Morgan fingerprint density at radius 1 is 1.27 bits per heavy atom. The maximum atomic E-state index is 10.1. The average molecular weight is 279 g/mol. The van der Waals surface area contributed by atoms with Gasteiger partial charge in [0.1, 0.15) is 0 Å². The van der Waals surface area contributed by atoms with E-state index in [0.29, 0.717) is 0 Å². The van der Waals surface area contributed by atoms with Gasteiger partial charge in [0.2, 0.25) is 0 Å². The number of halogens is 2. The van der Waals surface area contributed by atoms with Gasteiger partial charge >= 0.3 is 0 Å². The van der Waals surface area contributed by atoms with Crippen molar-refractivity contribution in [2.75, 3.05) is 0 Å². The summed E-state index contributed by atoms with van der Waals surface area (Å²) in [6, 6.07) is 7.42. The number of hydrogen-bond donors (Lipinski definition) is 0. The largest absolute Gasteiger partial charge is 0.171 e. The highest BCUT2D eigenvalue weighted by Gasteiger charge is 2.04. The zero-order chi connectivity index (χ0) is 8.27. The minimum atomic E-state index is -0.435. The standard InChI is InChI=1S/C7H5Br2NO/c8-6-3-1-5(2-4-6)7(9)10-11/h1-4,7H. The number of rotatable bonds is 2. The van der Waals surface area contributed by atoms with Gasteiger partial charge in [-0.2, -0.15) is 0 Å². The third kappa shape index (κ3) is 2.38. The van der Waals surface area contributed by atoms with Crippen LogP contribution < -0.4 is 0 Å². The fraction of sp³-hybridized carbons (Fsp3) is 0.143. The Bertz CT molecular complexity index is 247. The van der Waals surface area contributed by atoms with Crippen LogP contribution in [0.15, 0.2) is 33.9 Å². The monoisotopic (exact) mass is 277 g/mol. The average Bonchev–Trinajstić information content (AvgIpc) is 2.05. The van der Waals surface area contributed by atoms with Crippen LogP contribution in [0.3, 0.4) is 0 Å². The maximum absolute atomic E-state index is 10.1. The molecule has 1 aromatic carbocycles. The van der Waals surface area contributed by atoms with Gasteiger partial charge in [-0.1, -0.05) is 44.0 Å². The second-order valence-electron chi connectivity index (χ2n) is 1.99. The van der Waals surface area contributed by atoms with Gasteiger partial charge in [0.05, 0.1) is 0 Å². The van der Waals surface area contributed by atoms with E-state index in [1.165, 1.54) is 0 Å². The Labute approximate surface area is 81.2 Å². The van der Waals surface area contributed by atoms with Crippen molar-refractivity contribution in [2.45, 2.75) is 4.95 Å². The molecule has 0 aromatic heterocycles. The van der Waals surface area contributed by atoms with Crippen LogP contribution in [0.4, 0.5) is 0 Å². The van der Waals surface area contributed by atoms with Gasteiger partial charge in [0.25, 0.3) is 0 Å². The number of nitroso groups, excluding NO2 is 1. The second kappa shape index (κ2) is 3.97. The van der Waals surface area contributed by atoms with Gasteiger partial charge in [0.15, 0.2) is 4.95 Å². The van der Waals surface area contributed by atoms with Gasteiger partial charge in [0, 0.05) is 4.47 Å². The first-order valence-electron chi connectivity index (χ1n) is 2.96. The highest BCUT2D eigenvalue weighted by atomic mass is 79.9. The third-order valence-corrected chi connectivity index (χ3v) is 2.46. The first-order valence-corrected chi connectivity index (χ1v) is 4.67. The summed E-state index contributed by atoms with van der Waals surface area (Å²) in [5, 5.41) is 2.84. The number of alkyl halides is 1. The molecule has 2 nitrogen and oxygen atoms in total. The van der Waals surface area contributed by atoms with Crippen LogP contribution in [-0.4, -0.2) is 0 Å². The van der Waals surface area contributed by atoms with Crippen molar-refractivity contribution >= 4 is 31.9 Å². The fourth-order valence-corrected chi connectivity index (χ4v) is 1.25. The Kier molecular flexibility index (Phi) is 3.20. The van der Waals surface area contributed by atoms with E-state index in [-0.39, 0.29) is 0 Å². The van der Waals surface area contributed by atoms with E-state index in [4.69, 9.17) is 0 Å². The summed E-state index contributed by atoms with van der Waals surface area (Å²) in [6.45, 7) is 0. The van der Waals surface area contributed by atoms with E-state index in [0.717, 1.165) is 10.0 Å². The highest BCUT2D eigenvalue weighted by Crippen LogP contribution is 2.24. The maximum Gasteiger partial charge on any atom is 0.171 e. The first-order chi connectivity index (χ1) is 5.24. The molecule has 0 aliphatic carbocycles. The molecule has 0 aliphatic heterocycles. The summed E-state index contributed by atoms with van der Waals surface area (Å²) in [4.78, 5) is 9.65. The summed E-state index contributed by atoms with van der Waals surface area (Å²) in [5.41, 5.74) is 0.864. The van der Waals surface area contributed by atoms with E-state index in [1.807, 2.05) is 24.3 Å². The topological polar surface area (TPSA) is 29.4 Å². The third-order valence-electron chi connectivity index (χ3n) is 1.24. The SMILES string of the molecule is O=NC(Br)c1ccc(Br)cc1. The Hall–Kier alpha value is -0.220. The van der Waals surface area contributed by atoms with Gasteiger partial charge in [-0.05, 0) is 22.9 Å². The molecule has 4 heteroatoms. The van der Waals surface area contributed by atoms with Gasteiger partial charge < -0.3 is 0 Å². The molecule has 0 fully saturated rings. The van der Waals surface area contributed by atoms with Crippen LogP contribution in [0.1, 0.15) is 10.5 Å². The van der Waals surface area contributed by atoms with E-state index in [9.17, 15) is 4.91 Å². The summed E-state index contributed by atoms with van der Waals surface area (Å²) >= 11 is 6.41. The van der Waals surface area contributed by atoms with Crippen LogP contribution in [0, 0.1) is 4.91 Å². The van der Waals surface area contributed by atoms with Crippen LogP contribution in [0.2, 0.25) is 0 Å². The number of hydrogen-bond acceptors (Lipinski definition) is 2. The molecule has 0 heterocycles. The second-order valence-corrected chi connectivity index (χ2v) is 3.78. The van der Waals surface area contributed by atoms with Gasteiger partial charge in [-0.25, -0.2) is 0 Å². The minimum absolute atomic E-state index is 0.435. The van der Waals surface area contributed by atoms with E-state index >= 15 is 0 Å². The molecular formula is C7H5Br2NO. The Morgan fingerprint density at radius 2 is 1.82 bits per heavy atom. The molecule has 0 amide bonds. The molecule has 0 aliphatic rings. The van der Waals surface area contributed by atoms with E-state index in [2.05, 4.69) is 37.0 Å². The predicted octanol–water partition coefficient (Wildman–Crippen LogP) is 3.61. The van der Waals surface area contributed by atoms with Crippen LogP contribution in [0.25, 0.3) is 0 Å². The van der Waals surface area contributed by atoms with E-state index in [1.54, 1.807) is 0 Å². The predicted molar refractivity (Wildman–Crippen MR) is 51.6 cm³/mol. The van der Waals surface area contributed by atoms with Crippen LogP contribution in [-0.2, 0) is 0 Å². The van der Waals surface area contributed by atoms with Crippen LogP contribution >= 0.6 is 31.9 Å². The van der Waals surface area contributed by atoms with Gasteiger partial charge in [-0.3, -0.25) is 0 Å². The lowest BCUT2D eigenvalue weighted by Gasteiger charge is -1.99. The normalized spacial score (nSPS) is 12.5. The van der Waals surface area contributed by atoms with Crippen molar-refractivity contribution in [3.8, 4) is 0 Å². The number of benzene rings is 1. The smallest absolute Gasteiger partial charge is 0.149 e. The zero-order valence-electron chi connectivity index (χ0n) is 5.50. The lowest BCUT2D eigenvalue weighted by molar-refractivity contribution is 1.04. The fourth-order valence-electron chi connectivity index (χ4n) is 0.682. The molecule has 0 saturated heterocycles. The molecule has 0 spiro atoms. The lowest BCUT2D eigenvalue weighted by Crippen LogP contribution is -1.82. The molecule has 11 heavy (non-hydrogen) atoms. The van der Waals surface area contributed by atoms with Crippen molar-refractivity contribution in [2.24, 2.45) is 5.18 Å². The van der Waals surface area contributed by atoms with Crippen molar-refractivity contribution in [1.29, 1.82) is 0 Å². The molecular weight excluding hydrogens is 274 g/mol. The summed E-state index contributed by atoms with van der Waals surface area (Å²) < 4.78 is 0.992. The summed E-state index contributed by atoms with van der Waals surface area (Å²) in [5.74, 6) is 0. The van der Waals surface area contributed by atoms with Crippen LogP contribution in [0.5, 0.6) is 0 Å². The first kappa shape index (κ1) is 8.87. The molecule has 1 atom stereocenters. The zero-order valence-corrected chi connectivity index (χ0v) is 8.67. The lowest BCUT2D eigenvalue weighted by atomic mass is 10.2. The molecule has 1 unspecified atom stereocenters. The van der Waals surface area contributed by atoms with Crippen molar-refractivity contribution in [3.05, 3.63) is 39.2 Å². The van der Waals surface area contributed by atoms with Gasteiger partial charge in [-0.15, -0.1) is 4.91 Å². The summed E-state index contributed by atoms with van der Waals surface area (Å²) in [7, 11) is 0. The van der Waals surface area contributed by atoms with Crippen molar-refractivity contribution < 1.29 is 0 Å². The molecule has 0 N–H and O–H groups in total. The Balaban J connectivity index is 2.89. The summed E-state index contributed by atoms with van der Waals surface area (Å²) in [6.07, 6.45) is 0. The van der Waals surface area contributed by atoms with Crippen molar-refractivity contribution in [1.82, 2.24) is 0 Å². The molecule has 1 rings (SSSR count). The van der Waals surface area contributed by atoms with E-state index < -0.39 is 4.95 Å². The molecule has 0 bridgehead atoms. The molecule has 58 valence electrons.